The van der Waals surface area contributed by atoms with Gasteiger partial charge in [-0.05, 0) is 30.3 Å². The molecule has 0 saturated carbocycles. The van der Waals surface area contributed by atoms with Crippen LogP contribution < -0.4 is 4.74 Å². The zero-order chi connectivity index (χ0) is 14.8. The number of halogens is 2. The van der Waals surface area contributed by atoms with E-state index >= 15 is 0 Å². The van der Waals surface area contributed by atoms with Crippen LogP contribution in [0.2, 0.25) is 0 Å². The van der Waals surface area contributed by atoms with Crippen LogP contribution in [0, 0.1) is 23.0 Å². The second kappa shape index (κ2) is 5.17. The highest BCUT2D eigenvalue weighted by Crippen LogP contribution is 2.29. The lowest BCUT2D eigenvalue weighted by atomic mass is 10.2. The lowest BCUT2D eigenvalue weighted by molar-refractivity contribution is 0.407. The molecule has 2 aromatic carbocycles. The minimum atomic E-state index is -0.923. The molecule has 0 unspecified atom stereocenters. The van der Waals surface area contributed by atoms with Crippen molar-refractivity contribution in [3.05, 3.63) is 65.9 Å². The summed E-state index contributed by atoms with van der Waals surface area (Å²) in [5, 5.41) is 9.55. The Bertz CT molecular complexity index is 849. The van der Waals surface area contributed by atoms with Crippen LogP contribution in [0.3, 0.4) is 0 Å². The molecule has 0 aliphatic rings. The van der Waals surface area contributed by atoms with Crippen molar-refractivity contribution in [2.75, 3.05) is 0 Å². The zero-order valence-electron chi connectivity index (χ0n) is 10.7. The van der Waals surface area contributed by atoms with Crippen LogP contribution in [-0.4, -0.2) is 4.98 Å². The van der Waals surface area contributed by atoms with Gasteiger partial charge >= 0.3 is 0 Å². The molecule has 102 valence electrons. The predicted molar refractivity (Wildman–Crippen MR) is 72.9 cm³/mol. The van der Waals surface area contributed by atoms with Crippen molar-refractivity contribution in [3.8, 4) is 17.6 Å². The van der Waals surface area contributed by atoms with Crippen LogP contribution >= 0.6 is 0 Å². The summed E-state index contributed by atoms with van der Waals surface area (Å²) >= 11 is 0. The van der Waals surface area contributed by atoms with Crippen molar-refractivity contribution in [3.63, 3.8) is 0 Å². The largest absolute Gasteiger partial charge is 0.451 e. The SMILES string of the molecule is N#Cc1cc(F)c(Oc2ccc3cccnc3c2)c(F)c1. The Balaban J connectivity index is 2.01. The average molecular weight is 282 g/mol. The van der Waals surface area contributed by atoms with E-state index in [9.17, 15) is 8.78 Å². The minimum Gasteiger partial charge on any atom is -0.451 e. The average Bonchev–Trinajstić information content (AvgIpc) is 2.50. The van der Waals surface area contributed by atoms with Gasteiger partial charge in [0, 0.05) is 17.6 Å². The van der Waals surface area contributed by atoms with Gasteiger partial charge in [-0.25, -0.2) is 8.78 Å². The quantitative estimate of drug-likeness (QED) is 0.708. The Kier molecular flexibility index (Phi) is 3.20. The molecule has 0 fully saturated rings. The number of fused-ring (bicyclic) bond motifs is 1. The predicted octanol–water partition coefficient (Wildman–Crippen LogP) is 4.18. The van der Waals surface area contributed by atoms with E-state index in [2.05, 4.69) is 4.98 Å². The maximum absolute atomic E-state index is 13.8. The van der Waals surface area contributed by atoms with Crippen LogP contribution in [0.4, 0.5) is 8.78 Å². The van der Waals surface area contributed by atoms with Crippen LogP contribution in [0.15, 0.2) is 48.7 Å². The molecular formula is C16H8F2N2O. The fourth-order valence-electron chi connectivity index (χ4n) is 1.95. The Morgan fingerprint density at radius 2 is 1.81 bits per heavy atom. The second-order valence-corrected chi connectivity index (χ2v) is 4.34. The highest BCUT2D eigenvalue weighted by Gasteiger charge is 2.14. The molecule has 0 saturated heterocycles. The first kappa shape index (κ1) is 13.0. The first-order valence-corrected chi connectivity index (χ1v) is 6.09. The lowest BCUT2D eigenvalue weighted by Gasteiger charge is -2.08. The van der Waals surface area contributed by atoms with E-state index in [4.69, 9.17) is 10.00 Å². The van der Waals surface area contributed by atoms with E-state index in [1.54, 1.807) is 36.5 Å². The summed E-state index contributed by atoms with van der Waals surface area (Å²) in [6.07, 6.45) is 1.62. The molecule has 0 N–H and O–H groups in total. The Morgan fingerprint density at radius 3 is 2.52 bits per heavy atom. The third-order valence-corrected chi connectivity index (χ3v) is 2.92. The van der Waals surface area contributed by atoms with Gasteiger partial charge < -0.3 is 4.74 Å². The minimum absolute atomic E-state index is 0.0995. The van der Waals surface area contributed by atoms with Gasteiger partial charge in [0.05, 0.1) is 17.1 Å². The van der Waals surface area contributed by atoms with Crippen LogP contribution in [0.25, 0.3) is 10.9 Å². The molecule has 0 aliphatic carbocycles. The number of hydrogen-bond acceptors (Lipinski definition) is 3. The zero-order valence-corrected chi connectivity index (χ0v) is 10.7. The summed E-state index contributed by atoms with van der Waals surface area (Å²) in [5.41, 5.74) is 0.557. The van der Waals surface area contributed by atoms with Crippen molar-refractivity contribution in [2.24, 2.45) is 0 Å². The van der Waals surface area contributed by atoms with Crippen molar-refractivity contribution in [1.29, 1.82) is 5.26 Å². The lowest BCUT2D eigenvalue weighted by Crippen LogP contribution is -1.94. The Hall–Kier alpha value is -3.00. The second-order valence-electron chi connectivity index (χ2n) is 4.34. The molecule has 1 heterocycles. The van der Waals surface area contributed by atoms with Crippen LogP contribution in [0.1, 0.15) is 5.56 Å². The first-order chi connectivity index (χ1) is 10.2. The van der Waals surface area contributed by atoms with Gasteiger partial charge in [0.15, 0.2) is 17.4 Å². The Morgan fingerprint density at radius 1 is 1.05 bits per heavy atom. The molecule has 0 radical (unpaired) electrons. The molecule has 5 heteroatoms. The number of ether oxygens (including phenoxy) is 1. The number of benzene rings is 2. The molecule has 0 aliphatic heterocycles. The van der Waals surface area contributed by atoms with Gasteiger partial charge in [0.25, 0.3) is 0 Å². The number of rotatable bonds is 2. The highest BCUT2D eigenvalue weighted by atomic mass is 19.1. The van der Waals surface area contributed by atoms with Gasteiger partial charge in [-0.15, -0.1) is 0 Å². The molecular weight excluding hydrogens is 274 g/mol. The van der Waals surface area contributed by atoms with Crippen LogP contribution in [0.5, 0.6) is 11.5 Å². The van der Waals surface area contributed by atoms with Gasteiger partial charge in [0.1, 0.15) is 5.75 Å². The van der Waals surface area contributed by atoms with Gasteiger partial charge in [-0.2, -0.15) is 5.26 Å². The molecule has 0 bridgehead atoms. The number of pyridine rings is 1. The van der Waals surface area contributed by atoms with E-state index in [-0.39, 0.29) is 11.3 Å². The molecule has 3 aromatic rings. The molecule has 0 atom stereocenters. The molecule has 0 amide bonds. The van der Waals surface area contributed by atoms with Crippen LogP contribution in [-0.2, 0) is 0 Å². The Labute approximate surface area is 119 Å². The standard InChI is InChI=1S/C16H8F2N2O/c17-13-6-10(9-19)7-14(18)16(13)21-12-4-3-11-2-1-5-20-15(11)8-12/h1-8H. The molecule has 1 aromatic heterocycles. The fraction of sp³-hybridized carbons (Fsp3) is 0. The molecule has 21 heavy (non-hydrogen) atoms. The summed E-state index contributed by atoms with van der Waals surface area (Å²) < 4.78 is 32.8. The van der Waals surface area contributed by atoms with Gasteiger partial charge in [-0.1, -0.05) is 6.07 Å². The number of nitriles is 1. The number of nitrogens with zero attached hydrogens (tertiary/aromatic N) is 2. The van der Waals surface area contributed by atoms with E-state index < -0.39 is 17.4 Å². The summed E-state index contributed by atoms with van der Waals surface area (Å²) in [7, 11) is 0. The maximum atomic E-state index is 13.8. The van der Waals surface area contributed by atoms with Gasteiger partial charge in [-0.3, -0.25) is 4.98 Å². The third-order valence-electron chi connectivity index (χ3n) is 2.92. The number of aromatic nitrogens is 1. The number of hydrogen-bond donors (Lipinski definition) is 0. The summed E-state index contributed by atoms with van der Waals surface area (Å²) in [6, 6.07) is 12.1. The van der Waals surface area contributed by atoms with E-state index in [1.165, 1.54) is 0 Å². The smallest absolute Gasteiger partial charge is 0.198 e. The molecule has 3 nitrogen and oxygen atoms in total. The van der Waals surface area contributed by atoms with E-state index in [0.29, 0.717) is 5.52 Å². The first-order valence-electron chi connectivity index (χ1n) is 6.09. The molecule has 0 spiro atoms. The third kappa shape index (κ3) is 2.51. The normalized spacial score (nSPS) is 10.3. The van der Waals surface area contributed by atoms with E-state index in [1.807, 2.05) is 6.07 Å². The highest BCUT2D eigenvalue weighted by molar-refractivity contribution is 5.79. The summed E-state index contributed by atoms with van der Waals surface area (Å²) in [5.74, 6) is -2.12. The summed E-state index contributed by atoms with van der Waals surface area (Å²) in [4.78, 5) is 4.15. The van der Waals surface area contributed by atoms with Crippen molar-refractivity contribution < 1.29 is 13.5 Å². The van der Waals surface area contributed by atoms with Crippen molar-refractivity contribution in [1.82, 2.24) is 4.98 Å². The van der Waals surface area contributed by atoms with Crippen molar-refractivity contribution >= 4 is 10.9 Å². The fourth-order valence-corrected chi connectivity index (χ4v) is 1.95. The van der Waals surface area contributed by atoms with Crippen molar-refractivity contribution in [2.45, 2.75) is 0 Å². The maximum Gasteiger partial charge on any atom is 0.198 e. The molecule has 3 rings (SSSR count). The van der Waals surface area contributed by atoms with E-state index in [0.717, 1.165) is 17.5 Å². The summed E-state index contributed by atoms with van der Waals surface area (Å²) in [6.45, 7) is 0. The van der Waals surface area contributed by atoms with Gasteiger partial charge in [0.2, 0.25) is 0 Å². The topological polar surface area (TPSA) is 45.9 Å². The monoisotopic (exact) mass is 282 g/mol.